The molecule has 0 aliphatic heterocycles. The summed E-state index contributed by atoms with van der Waals surface area (Å²) in [6.45, 7) is 6.11. The lowest BCUT2D eigenvalue weighted by atomic mass is 9.96. The zero-order chi connectivity index (χ0) is 11.2. The lowest BCUT2D eigenvalue weighted by molar-refractivity contribution is -0.128. The number of nitrogens with zero attached hydrogens (tertiary/aromatic N) is 1. The number of oxime groups is 1. The highest BCUT2D eigenvalue weighted by atomic mass is 16.4. The van der Waals surface area contributed by atoms with Crippen LogP contribution in [0.25, 0.3) is 0 Å². The van der Waals surface area contributed by atoms with E-state index in [1.807, 2.05) is 20.8 Å². The third kappa shape index (κ3) is 5.40. The first-order chi connectivity index (χ1) is 6.38. The van der Waals surface area contributed by atoms with Gasteiger partial charge in [0.05, 0.1) is 0 Å². The molecule has 5 heteroatoms. The van der Waals surface area contributed by atoms with Crippen LogP contribution in [-0.2, 0) is 4.79 Å². The fourth-order valence-electron chi connectivity index (χ4n) is 0.787. The van der Waals surface area contributed by atoms with Gasteiger partial charge >= 0.3 is 0 Å². The van der Waals surface area contributed by atoms with E-state index in [0.29, 0.717) is 19.4 Å². The summed E-state index contributed by atoms with van der Waals surface area (Å²) >= 11 is 0. The molecule has 14 heavy (non-hydrogen) atoms. The van der Waals surface area contributed by atoms with E-state index in [1.54, 1.807) is 0 Å². The first-order valence-corrected chi connectivity index (χ1v) is 4.62. The zero-order valence-corrected chi connectivity index (χ0v) is 9.00. The summed E-state index contributed by atoms with van der Waals surface area (Å²) in [6.07, 6.45) is 1.17. The van der Waals surface area contributed by atoms with Crippen molar-refractivity contribution >= 4 is 11.7 Å². The van der Waals surface area contributed by atoms with Gasteiger partial charge in [-0.15, -0.1) is 0 Å². The van der Waals surface area contributed by atoms with E-state index >= 15 is 0 Å². The van der Waals surface area contributed by atoms with Crippen molar-refractivity contribution < 1.29 is 10.0 Å². The van der Waals surface area contributed by atoms with Gasteiger partial charge < -0.3 is 16.3 Å². The molecule has 0 aliphatic rings. The van der Waals surface area contributed by atoms with Crippen LogP contribution in [0.2, 0.25) is 0 Å². The second-order valence-electron chi connectivity index (χ2n) is 4.20. The van der Waals surface area contributed by atoms with Crippen molar-refractivity contribution in [3.8, 4) is 0 Å². The van der Waals surface area contributed by atoms with Gasteiger partial charge in [0.2, 0.25) is 5.91 Å². The summed E-state index contributed by atoms with van der Waals surface area (Å²) in [4.78, 5) is 11.4. The summed E-state index contributed by atoms with van der Waals surface area (Å²) in [5, 5.41) is 13.9. The number of rotatable bonds is 4. The third-order valence-corrected chi connectivity index (χ3v) is 1.70. The van der Waals surface area contributed by atoms with Crippen molar-refractivity contribution in [2.45, 2.75) is 33.6 Å². The molecule has 0 unspecified atom stereocenters. The molecular formula is C9H19N3O2. The van der Waals surface area contributed by atoms with Gasteiger partial charge in [0.15, 0.2) is 0 Å². The molecule has 0 bridgehead atoms. The molecule has 4 N–H and O–H groups in total. The van der Waals surface area contributed by atoms with Crippen LogP contribution >= 0.6 is 0 Å². The van der Waals surface area contributed by atoms with E-state index in [1.165, 1.54) is 0 Å². The van der Waals surface area contributed by atoms with Crippen LogP contribution in [0.4, 0.5) is 0 Å². The summed E-state index contributed by atoms with van der Waals surface area (Å²) in [6, 6.07) is 0. The Kier molecular flexibility index (Phi) is 4.97. The molecule has 0 radical (unpaired) electrons. The SMILES string of the molecule is CC(C)(C)C(=O)NCCCC(N)=NO. The largest absolute Gasteiger partial charge is 0.409 e. The second-order valence-corrected chi connectivity index (χ2v) is 4.20. The van der Waals surface area contributed by atoms with Gasteiger partial charge in [-0.3, -0.25) is 4.79 Å². The number of carbonyl (C=O) groups excluding carboxylic acids is 1. The van der Waals surface area contributed by atoms with Gasteiger partial charge in [0.1, 0.15) is 5.84 Å². The Labute approximate surface area is 84.4 Å². The van der Waals surface area contributed by atoms with Gasteiger partial charge in [0, 0.05) is 18.4 Å². The minimum Gasteiger partial charge on any atom is -0.409 e. The van der Waals surface area contributed by atoms with Crippen molar-refractivity contribution in [2.24, 2.45) is 16.3 Å². The molecule has 1 amide bonds. The number of hydrogen-bond acceptors (Lipinski definition) is 3. The van der Waals surface area contributed by atoms with Gasteiger partial charge in [0.25, 0.3) is 0 Å². The molecule has 0 rings (SSSR count). The lowest BCUT2D eigenvalue weighted by Gasteiger charge is -2.17. The predicted octanol–water partition coefficient (Wildman–Crippen LogP) is 0.675. The first kappa shape index (κ1) is 12.7. The average molecular weight is 201 g/mol. The van der Waals surface area contributed by atoms with Crippen molar-refractivity contribution in [3.05, 3.63) is 0 Å². The monoisotopic (exact) mass is 201 g/mol. The molecule has 0 aliphatic carbocycles. The van der Waals surface area contributed by atoms with Crippen molar-refractivity contribution in [3.63, 3.8) is 0 Å². The quantitative estimate of drug-likeness (QED) is 0.205. The topological polar surface area (TPSA) is 87.7 Å². The molecule has 0 saturated carbocycles. The van der Waals surface area contributed by atoms with Crippen molar-refractivity contribution in [2.75, 3.05) is 6.54 Å². The summed E-state index contributed by atoms with van der Waals surface area (Å²) < 4.78 is 0. The normalized spacial score (nSPS) is 12.6. The fourth-order valence-corrected chi connectivity index (χ4v) is 0.787. The van der Waals surface area contributed by atoms with E-state index in [0.717, 1.165) is 0 Å². The van der Waals surface area contributed by atoms with Gasteiger partial charge in [-0.1, -0.05) is 25.9 Å². The predicted molar refractivity (Wildman–Crippen MR) is 55.1 cm³/mol. The maximum absolute atomic E-state index is 11.4. The van der Waals surface area contributed by atoms with Crippen LogP contribution in [0.15, 0.2) is 5.16 Å². The summed E-state index contributed by atoms with van der Waals surface area (Å²) in [7, 11) is 0. The Balaban J connectivity index is 3.61. The first-order valence-electron chi connectivity index (χ1n) is 4.62. The molecular weight excluding hydrogens is 182 g/mol. The van der Waals surface area contributed by atoms with E-state index in [4.69, 9.17) is 10.9 Å². The number of hydrogen-bond donors (Lipinski definition) is 3. The summed E-state index contributed by atoms with van der Waals surface area (Å²) in [5.74, 6) is 0.201. The standard InChI is InChI=1S/C9H19N3O2/c1-9(2,3)8(13)11-6-4-5-7(10)12-14/h14H,4-6H2,1-3H3,(H2,10,12)(H,11,13). The third-order valence-electron chi connectivity index (χ3n) is 1.70. The van der Waals surface area contributed by atoms with Crippen molar-refractivity contribution in [1.82, 2.24) is 5.32 Å². The van der Waals surface area contributed by atoms with Crippen LogP contribution in [0, 0.1) is 5.41 Å². The van der Waals surface area contributed by atoms with Crippen LogP contribution in [-0.4, -0.2) is 23.5 Å². The molecule has 0 aromatic carbocycles. The minimum atomic E-state index is -0.364. The van der Waals surface area contributed by atoms with Crippen LogP contribution in [0.3, 0.4) is 0 Å². The lowest BCUT2D eigenvalue weighted by Crippen LogP contribution is -2.35. The number of nitrogens with one attached hydrogen (secondary N) is 1. The van der Waals surface area contributed by atoms with Crippen LogP contribution < -0.4 is 11.1 Å². The van der Waals surface area contributed by atoms with Gasteiger partial charge in [-0.2, -0.15) is 0 Å². The Morgan fingerprint density at radius 2 is 2.07 bits per heavy atom. The van der Waals surface area contributed by atoms with E-state index in [-0.39, 0.29) is 17.2 Å². The molecule has 0 heterocycles. The fraction of sp³-hybridized carbons (Fsp3) is 0.778. The molecule has 0 saturated heterocycles. The molecule has 5 nitrogen and oxygen atoms in total. The van der Waals surface area contributed by atoms with Crippen LogP contribution in [0.5, 0.6) is 0 Å². The maximum Gasteiger partial charge on any atom is 0.225 e. The number of amidine groups is 1. The Bertz CT molecular complexity index is 219. The Morgan fingerprint density at radius 1 is 1.50 bits per heavy atom. The number of nitrogens with two attached hydrogens (primary N) is 1. The van der Waals surface area contributed by atoms with Crippen LogP contribution in [0.1, 0.15) is 33.6 Å². The average Bonchev–Trinajstić information content (AvgIpc) is 2.09. The molecule has 0 atom stereocenters. The van der Waals surface area contributed by atoms with Gasteiger partial charge in [-0.25, -0.2) is 0 Å². The molecule has 0 spiro atoms. The Hall–Kier alpha value is -1.26. The van der Waals surface area contributed by atoms with E-state index < -0.39 is 0 Å². The zero-order valence-electron chi connectivity index (χ0n) is 9.00. The number of carbonyl (C=O) groups is 1. The van der Waals surface area contributed by atoms with E-state index in [9.17, 15) is 4.79 Å². The van der Waals surface area contributed by atoms with Gasteiger partial charge in [-0.05, 0) is 6.42 Å². The molecule has 82 valence electrons. The molecule has 0 aromatic rings. The van der Waals surface area contributed by atoms with E-state index in [2.05, 4.69) is 10.5 Å². The molecule has 0 fully saturated rings. The minimum absolute atomic E-state index is 0.0111. The highest BCUT2D eigenvalue weighted by Gasteiger charge is 2.20. The maximum atomic E-state index is 11.4. The highest BCUT2D eigenvalue weighted by molar-refractivity contribution is 5.81. The van der Waals surface area contributed by atoms with Crippen molar-refractivity contribution in [1.29, 1.82) is 0 Å². The summed E-state index contributed by atoms with van der Waals surface area (Å²) in [5.41, 5.74) is 4.90. The second kappa shape index (κ2) is 5.47. The molecule has 0 aromatic heterocycles. The smallest absolute Gasteiger partial charge is 0.225 e. The highest BCUT2D eigenvalue weighted by Crippen LogP contribution is 2.12. The number of amides is 1. The Morgan fingerprint density at radius 3 is 2.50 bits per heavy atom.